The summed E-state index contributed by atoms with van der Waals surface area (Å²) >= 11 is 15.7. The Hall–Kier alpha value is -1.77. The first kappa shape index (κ1) is 27.8. The van der Waals surface area contributed by atoms with Crippen molar-refractivity contribution in [2.24, 2.45) is 0 Å². The molecule has 0 unspecified atom stereocenters. The van der Waals surface area contributed by atoms with Gasteiger partial charge in [0.2, 0.25) is 10.0 Å². The van der Waals surface area contributed by atoms with Crippen molar-refractivity contribution in [3.05, 3.63) is 80.2 Å². The lowest BCUT2D eigenvalue weighted by Gasteiger charge is -2.21. The van der Waals surface area contributed by atoms with Gasteiger partial charge in [-0.1, -0.05) is 66.0 Å². The smallest absolute Gasteiger partial charge is 0.243 e. The van der Waals surface area contributed by atoms with Crippen LogP contribution in [0.1, 0.15) is 44.2 Å². The van der Waals surface area contributed by atoms with Gasteiger partial charge in [0.15, 0.2) is 0 Å². The highest BCUT2D eigenvalue weighted by molar-refractivity contribution is 9.10. The summed E-state index contributed by atoms with van der Waals surface area (Å²) in [4.78, 5) is 0.216. The second-order valence-electron chi connectivity index (χ2n) is 8.42. The number of hydrogen-bond donors (Lipinski definition) is 0. The molecule has 188 valence electrons. The molecule has 0 bridgehead atoms. The molecular formula is C26H28BrCl2NO4S. The van der Waals surface area contributed by atoms with Crippen LogP contribution in [-0.2, 0) is 16.6 Å². The van der Waals surface area contributed by atoms with Gasteiger partial charge in [-0.05, 0) is 66.4 Å². The summed E-state index contributed by atoms with van der Waals surface area (Å²) in [6.07, 6.45) is 0.874. The topological polar surface area (TPSA) is 55.8 Å². The van der Waals surface area contributed by atoms with E-state index >= 15 is 0 Å². The fraction of sp³-hybridized carbons (Fsp3) is 0.308. The lowest BCUT2D eigenvalue weighted by molar-refractivity contribution is 0.312. The zero-order valence-electron chi connectivity index (χ0n) is 20.0. The molecule has 0 aliphatic carbocycles. The predicted octanol–water partition coefficient (Wildman–Crippen LogP) is 8.28. The second-order valence-corrected chi connectivity index (χ2v) is 12.3. The molecule has 5 nitrogen and oxygen atoms in total. The molecule has 0 radical (unpaired) electrons. The van der Waals surface area contributed by atoms with E-state index in [9.17, 15) is 8.42 Å². The summed E-state index contributed by atoms with van der Waals surface area (Å²) in [5.74, 6) is 1.77. The van der Waals surface area contributed by atoms with Gasteiger partial charge in [-0.15, -0.1) is 0 Å². The van der Waals surface area contributed by atoms with E-state index in [1.54, 1.807) is 49.5 Å². The minimum absolute atomic E-state index is 0.102. The fourth-order valence-electron chi connectivity index (χ4n) is 3.45. The molecule has 0 aliphatic rings. The van der Waals surface area contributed by atoms with E-state index in [-0.39, 0.29) is 17.4 Å². The van der Waals surface area contributed by atoms with Gasteiger partial charge in [0.1, 0.15) is 17.2 Å². The van der Waals surface area contributed by atoms with Gasteiger partial charge < -0.3 is 9.47 Å². The fourth-order valence-corrected chi connectivity index (χ4v) is 5.49. The Morgan fingerprint density at radius 2 is 1.66 bits per heavy atom. The van der Waals surface area contributed by atoms with E-state index in [1.165, 1.54) is 4.31 Å². The average molecular weight is 601 g/mol. The van der Waals surface area contributed by atoms with E-state index in [0.717, 1.165) is 16.5 Å². The average Bonchev–Trinajstić information content (AvgIpc) is 2.78. The third-order valence-corrected chi connectivity index (χ3v) is 7.99. The van der Waals surface area contributed by atoms with Crippen LogP contribution in [0.25, 0.3) is 0 Å². The molecule has 0 saturated heterocycles. The Labute approximate surface area is 226 Å². The van der Waals surface area contributed by atoms with Crippen LogP contribution in [0.2, 0.25) is 10.0 Å². The SMILES string of the molecule is CCCOc1ccc(S(=O)(=O)N(C)Cc2ccc(Br)cc2Oc2cc(Cl)cc(Cl)c2)cc1C(C)C. The van der Waals surface area contributed by atoms with Crippen molar-refractivity contribution >= 4 is 49.2 Å². The minimum Gasteiger partial charge on any atom is -0.493 e. The summed E-state index contributed by atoms with van der Waals surface area (Å²) < 4.78 is 40.9. The summed E-state index contributed by atoms with van der Waals surface area (Å²) in [6.45, 7) is 6.74. The first-order valence-corrected chi connectivity index (χ1v) is 14.2. The van der Waals surface area contributed by atoms with Crippen LogP contribution < -0.4 is 9.47 Å². The molecule has 3 aromatic carbocycles. The van der Waals surface area contributed by atoms with Crippen molar-refractivity contribution in [2.45, 2.75) is 44.6 Å². The van der Waals surface area contributed by atoms with E-state index in [0.29, 0.717) is 39.5 Å². The predicted molar refractivity (Wildman–Crippen MR) is 146 cm³/mol. The number of rotatable bonds is 10. The van der Waals surface area contributed by atoms with Gasteiger partial charge in [0, 0.05) is 33.7 Å². The Kier molecular flexibility index (Phi) is 9.52. The van der Waals surface area contributed by atoms with Crippen molar-refractivity contribution in [2.75, 3.05) is 13.7 Å². The minimum atomic E-state index is -3.78. The molecule has 0 amide bonds. The van der Waals surface area contributed by atoms with Gasteiger partial charge in [-0.2, -0.15) is 4.31 Å². The number of nitrogens with zero attached hydrogens (tertiary/aromatic N) is 1. The van der Waals surface area contributed by atoms with Crippen LogP contribution in [0.3, 0.4) is 0 Å². The Balaban J connectivity index is 1.90. The molecule has 35 heavy (non-hydrogen) atoms. The normalized spacial score (nSPS) is 11.8. The van der Waals surface area contributed by atoms with Crippen molar-refractivity contribution in [3.8, 4) is 17.2 Å². The third kappa shape index (κ3) is 7.14. The number of ether oxygens (including phenoxy) is 2. The van der Waals surface area contributed by atoms with Crippen molar-refractivity contribution in [3.63, 3.8) is 0 Å². The lowest BCUT2D eigenvalue weighted by Crippen LogP contribution is -2.27. The van der Waals surface area contributed by atoms with Crippen LogP contribution in [0.15, 0.2) is 64.0 Å². The molecule has 0 aromatic heterocycles. The van der Waals surface area contributed by atoms with Gasteiger partial charge in [-0.3, -0.25) is 0 Å². The van der Waals surface area contributed by atoms with Crippen LogP contribution in [0.5, 0.6) is 17.2 Å². The molecule has 0 atom stereocenters. The molecular weight excluding hydrogens is 573 g/mol. The summed E-state index contributed by atoms with van der Waals surface area (Å²) in [6, 6.07) is 15.4. The maximum Gasteiger partial charge on any atom is 0.243 e. The van der Waals surface area contributed by atoms with Crippen LogP contribution in [0.4, 0.5) is 0 Å². The van der Waals surface area contributed by atoms with E-state index in [4.69, 9.17) is 32.7 Å². The zero-order chi connectivity index (χ0) is 25.8. The number of hydrogen-bond acceptors (Lipinski definition) is 4. The summed E-state index contributed by atoms with van der Waals surface area (Å²) in [5, 5.41) is 0.882. The van der Waals surface area contributed by atoms with Crippen molar-refractivity contribution in [1.82, 2.24) is 4.31 Å². The number of benzene rings is 3. The standard InChI is InChI=1S/C26H28BrCl2NO4S/c1-5-10-33-25-9-8-23(15-24(25)17(2)3)35(31,32)30(4)16-18-6-7-19(27)11-26(18)34-22-13-20(28)12-21(29)14-22/h6-9,11-15,17H,5,10,16H2,1-4H3. The van der Waals surface area contributed by atoms with Crippen molar-refractivity contribution < 1.29 is 17.9 Å². The largest absolute Gasteiger partial charge is 0.493 e. The van der Waals surface area contributed by atoms with E-state index in [1.807, 2.05) is 32.9 Å². The molecule has 9 heteroatoms. The summed E-state index contributed by atoms with van der Waals surface area (Å²) in [7, 11) is -2.23. The molecule has 3 rings (SSSR count). The second kappa shape index (κ2) is 12.0. The molecule has 0 saturated carbocycles. The molecule has 0 N–H and O–H groups in total. The Morgan fingerprint density at radius 1 is 0.971 bits per heavy atom. The number of sulfonamides is 1. The highest BCUT2D eigenvalue weighted by Crippen LogP contribution is 2.34. The van der Waals surface area contributed by atoms with Gasteiger partial charge in [0.25, 0.3) is 0 Å². The monoisotopic (exact) mass is 599 g/mol. The lowest BCUT2D eigenvalue weighted by atomic mass is 10.0. The van der Waals surface area contributed by atoms with Crippen LogP contribution in [-0.4, -0.2) is 26.4 Å². The maximum atomic E-state index is 13.5. The first-order valence-electron chi connectivity index (χ1n) is 11.2. The van der Waals surface area contributed by atoms with Gasteiger partial charge in [-0.25, -0.2) is 8.42 Å². The van der Waals surface area contributed by atoms with Crippen molar-refractivity contribution in [1.29, 1.82) is 0 Å². The van der Waals surface area contributed by atoms with E-state index < -0.39 is 10.0 Å². The van der Waals surface area contributed by atoms with Crippen LogP contribution >= 0.6 is 39.1 Å². The molecule has 0 spiro atoms. The van der Waals surface area contributed by atoms with Gasteiger partial charge in [0.05, 0.1) is 11.5 Å². The zero-order valence-corrected chi connectivity index (χ0v) is 23.9. The van der Waals surface area contributed by atoms with Gasteiger partial charge >= 0.3 is 0 Å². The number of halogens is 3. The Morgan fingerprint density at radius 3 is 2.29 bits per heavy atom. The molecule has 0 fully saturated rings. The highest BCUT2D eigenvalue weighted by atomic mass is 79.9. The van der Waals surface area contributed by atoms with Crippen LogP contribution in [0, 0.1) is 0 Å². The molecule has 3 aromatic rings. The Bertz CT molecular complexity index is 1280. The quantitative estimate of drug-likeness (QED) is 0.235. The van der Waals surface area contributed by atoms with E-state index in [2.05, 4.69) is 15.9 Å². The third-order valence-electron chi connectivity index (χ3n) is 5.26. The first-order chi connectivity index (χ1) is 16.5. The highest BCUT2D eigenvalue weighted by Gasteiger charge is 2.24. The molecule has 0 aliphatic heterocycles. The molecule has 0 heterocycles. The maximum absolute atomic E-state index is 13.5. The summed E-state index contributed by atoms with van der Waals surface area (Å²) in [5.41, 5.74) is 1.54.